The molecule has 98 valence electrons. The fourth-order valence-corrected chi connectivity index (χ4v) is 1.26. The Kier molecular flexibility index (Phi) is 6.44. The molecule has 0 heterocycles. The van der Waals surface area contributed by atoms with Crippen LogP contribution < -0.4 is 5.48 Å². The lowest BCUT2D eigenvalue weighted by molar-refractivity contribution is -0.831. The van der Waals surface area contributed by atoms with E-state index >= 15 is 0 Å². The van der Waals surface area contributed by atoms with E-state index in [1.54, 1.807) is 0 Å². The molecular formula is C10H13ClF4NO+. The van der Waals surface area contributed by atoms with Crippen LogP contribution in [0.4, 0.5) is 23.2 Å². The molecule has 1 aromatic rings. The van der Waals surface area contributed by atoms with Crippen molar-refractivity contribution < 1.29 is 27.9 Å². The molecule has 1 rings (SSSR count). The Hall–Kier alpha value is -0.850. The monoisotopic (exact) mass is 274 g/mol. The number of alkyl halides is 3. The number of nitrogens with two attached hydrogens (primary N) is 1. The maximum absolute atomic E-state index is 13.0. The van der Waals surface area contributed by atoms with E-state index in [1.807, 2.05) is 13.8 Å². The molecule has 1 aromatic carbocycles. The van der Waals surface area contributed by atoms with Crippen LogP contribution in [0.2, 0.25) is 5.02 Å². The molecule has 0 fully saturated rings. The van der Waals surface area contributed by atoms with Gasteiger partial charge in [-0.05, 0) is 6.07 Å². The molecule has 0 aliphatic rings. The van der Waals surface area contributed by atoms with Gasteiger partial charge in [0.05, 0.1) is 17.7 Å². The van der Waals surface area contributed by atoms with E-state index in [0.29, 0.717) is 12.1 Å². The van der Waals surface area contributed by atoms with Crippen LogP contribution in [0.5, 0.6) is 0 Å². The molecule has 0 atom stereocenters. The van der Waals surface area contributed by atoms with Crippen molar-refractivity contribution in [1.82, 2.24) is 0 Å². The van der Waals surface area contributed by atoms with E-state index < -0.39 is 22.6 Å². The standard InChI is InChI=1S/C8H6ClF4NO.C2H6/c1-15-14-7-2-4(8(11,12)13)5(9)3-6(7)10;1-2/h2-3,14H,1H3;1-2H3/p+1. The molecule has 7 heteroatoms. The van der Waals surface area contributed by atoms with Crippen LogP contribution in [0.15, 0.2) is 12.1 Å². The van der Waals surface area contributed by atoms with E-state index in [-0.39, 0.29) is 5.69 Å². The first-order valence-electron chi connectivity index (χ1n) is 4.78. The average Bonchev–Trinajstić information content (AvgIpc) is 2.23. The first-order chi connectivity index (χ1) is 7.86. The topological polar surface area (TPSA) is 25.8 Å². The van der Waals surface area contributed by atoms with E-state index in [9.17, 15) is 17.6 Å². The predicted octanol–water partition coefficient (Wildman–Crippen LogP) is 3.28. The fraction of sp³-hybridized carbons (Fsp3) is 0.400. The summed E-state index contributed by atoms with van der Waals surface area (Å²) in [6, 6.07) is 1.20. The summed E-state index contributed by atoms with van der Waals surface area (Å²) in [6.45, 7) is 4.00. The number of rotatable bonds is 2. The summed E-state index contributed by atoms with van der Waals surface area (Å²) in [5.41, 5.74) is -0.510. The molecule has 0 spiro atoms. The van der Waals surface area contributed by atoms with Crippen molar-refractivity contribution in [2.45, 2.75) is 20.0 Å². The Bertz CT molecular complexity index is 368. The number of benzene rings is 1. The van der Waals surface area contributed by atoms with Gasteiger partial charge in [-0.1, -0.05) is 25.4 Å². The van der Waals surface area contributed by atoms with Gasteiger partial charge in [0.25, 0.3) is 0 Å². The zero-order valence-electron chi connectivity index (χ0n) is 9.53. The SMILES string of the molecule is CC.CO[NH2+]c1cc(C(F)(F)F)c(Cl)cc1F. The fourth-order valence-electron chi connectivity index (χ4n) is 1.00. The number of quaternary nitrogens is 1. The lowest BCUT2D eigenvalue weighted by atomic mass is 10.2. The van der Waals surface area contributed by atoms with Gasteiger partial charge in [-0.15, -0.1) is 0 Å². The maximum atomic E-state index is 13.0. The highest BCUT2D eigenvalue weighted by Crippen LogP contribution is 2.36. The molecule has 0 unspecified atom stereocenters. The zero-order chi connectivity index (χ0) is 13.6. The summed E-state index contributed by atoms with van der Waals surface area (Å²) < 4.78 is 50.1. The molecule has 0 bridgehead atoms. The van der Waals surface area contributed by atoms with Crippen molar-refractivity contribution in [1.29, 1.82) is 0 Å². The van der Waals surface area contributed by atoms with Gasteiger partial charge in [-0.2, -0.15) is 18.7 Å². The van der Waals surface area contributed by atoms with Gasteiger partial charge in [0.15, 0.2) is 11.5 Å². The van der Waals surface area contributed by atoms with Gasteiger partial charge in [0, 0.05) is 6.07 Å². The molecule has 2 nitrogen and oxygen atoms in total. The molecule has 0 saturated heterocycles. The van der Waals surface area contributed by atoms with Crippen LogP contribution in [0.3, 0.4) is 0 Å². The largest absolute Gasteiger partial charge is 0.418 e. The summed E-state index contributed by atoms with van der Waals surface area (Å²) in [7, 11) is 1.21. The number of halogens is 5. The normalized spacial score (nSPS) is 10.8. The van der Waals surface area contributed by atoms with E-state index in [2.05, 4.69) is 4.84 Å². The third kappa shape index (κ3) is 4.49. The smallest absolute Gasteiger partial charge is 0.204 e. The number of hydrogen-bond donors (Lipinski definition) is 1. The van der Waals surface area contributed by atoms with Crippen molar-refractivity contribution in [2.24, 2.45) is 0 Å². The average molecular weight is 275 g/mol. The molecule has 0 aliphatic heterocycles. The second-order valence-electron chi connectivity index (χ2n) is 2.70. The highest BCUT2D eigenvalue weighted by Gasteiger charge is 2.35. The molecule has 0 aromatic heterocycles. The van der Waals surface area contributed by atoms with Gasteiger partial charge in [0.2, 0.25) is 0 Å². The maximum Gasteiger partial charge on any atom is 0.418 e. The number of hydrogen-bond acceptors (Lipinski definition) is 1. The van der Waals surface area contributed by atoms with Gasteiger partial charge in [0.1, 0.15) is 0 Å². The van der Waals surface area contributed by atoms with Crippen molar-refractivity contribution in [3.8, 4) is 0 Å². The molecule has 2 N–H and O–H groups in total. The van der Waals surface area contributed by atoms with E-state index in [4.69, 9.17) is 11.6 Å². The minimum Gasteiger partial charge on any atom is -0.204 e. The van der Waals surface area contributed by atoms with E-state index in [0.717, 1.165) is 5.48 Å². The Balaban J connectivity index is 0.00000121. The van der Waals surface area contributed by atoms with Gasteiger partial charge in [-0.3, -0.25) is 0 Å². The first-order valence-corrected chi connectivity index (χ1v) is 5.16. The van der Waals surface area contributed by atoms with Crippen LogP contribution in [0.25, 0.3) is 0 Å². The van der Waals surface area contributed by atoms with Gasteiger partial charge >= 0.3 is 6.18 Å². The predicted molar refractivity (Wildman–Crippen MR) is 56.4 cm³/mol. The van der Waals surface area contributed by atoms with Gasteiger partial charge in [-0.25, -0.2) is 9.23 Å². The molecule has 0 radical (unpaired) electrons. The lowest BCUT2D eigenvalue weighted by Gasteiger charge is -2.09. The second-order valence-corrected chi connectivity index (χ2v) is 3.11. The van der Waals surface area contributed by atoms with Gasteiger partial charge < -0.3 is 0 Å². The summed E-state index contributed by atoms with van der Waals surface area (Å²) in [5.74, 6) is -0.866. The first kappa shape index (κ1) is 16.1. The minimum atomic E-state index is -4.61. The Morgan fingerprint density at radius 1 is 1.24 bits per heavy atom. The third-order valence-corrected chi connectivity index (χ3v) is 1.95. The molecule has 0 amide bonds. The zero-order valence-corrected chi connectivity index (χ0v) is 10.3. The second kappa shape index (κ2) is 6.78. The molecule has 0 saturated carbocycles. The summed E-state index contributed by atoms with van der Waals surface area (Å²) in [5, 5.41) is -0.673. The van der Waals surface area contributed by atoms with Crippen molar-refractivity contribution in [3.05, 3.63) is 28.5 Å². The van der Waals surface area contributed by atoms with Crippen LogP contribution in [0, 0.1) is 5.82 Å². The highest BCUT2D eigenvalue weighted by atomic mass is 35.5. The highest BCUT2D eigenvalue weighted by molar-refractivity contribution is 6.31. The van der Waals surface area contributed by atoms with Crippen molar-refractivity contribution in [3.63, 3.8) is 0 Å². The summed E-state index contributed by atoms with van der Waals surface area (Å²) in [6.07, 6.45) is -4.61. The summed E-state index contributed by atoms with van der Waals surface area (Å²) in [4.78, 5) is 4.44. The lowest BCUT2D eigenvalue weighted by Crippen LogP contribution is -2.76. The molecule has 0 aliphatic carbocycles. The molecular weight excluding hydrogens is 262 g/mol. The van der Waals surface area contributed by atoms with Crippen molar-refractivity contribution in [2.75, 3.05) is 7.11 Å². The molecule has 17 heavy (non-hydrogen) atoms. The van der Waals surface area contributed by atoms with Crippen LogP contribution in [-0.4, -0.2) is 7.11 Å². The van der Waals surface area contributed by atoms with E-state index in [1.165, 1.54) is 7.11 Å². The van der Waals surface area contributed by atoms with Crippen molar-refractivity contribution >= 4 is 17.3 Å². The van der Waals surface area contributed by atoms with Crippen LogP contribution in [-0.2, 0) is 11.0 Å². The summed E-state index contributed by atoms with van der Waals surface area (Å²) >= 11 is 5.27. The van der Waals surface area contributed by atoms with Crippen LogP contribution in [0.1, 0.15) is 19.4 Å². The third-order valence-electron chi connectivity index (χ3n) is 1.64. The quantitative estimate of drug-likeness (QED) is 0.500. The Morgan fingerprint density at radius 2 is 1.76 bits per heavy atom. The Labute approximate surface area is 101 Å². The minimum absolute atomic E-state index is 0.297. The van der Waals surface area contributed by atoms with Crippen LogP contribution >= 0.6 is 11.6 Å². The Morgan fingerprint density at radius 3 is 2.18 bits per heavy atom.